The molecule has 0 saturated heterocycles. The topological polar surface area (TPSA) is 42.4 Å². The first kappa shape index (κ1) is 14.3. The molecule has 0 aliphatic rings. The average Bonchev–Trinajstić information content (AvgIpc) is 2.77. The third-order valence-corrected chi connectivity index (χ3v) is 3.75. The summed E-state index contributed by atoms with van der Waals surface area (Å²) in [7, 11) is 2.08. The first-order valence-corrected chi connectivity index (χ1v) is 7.09. The second-order valence-corrected chi connectivity index (χ2v) is 5.67. The maximum atomic E-state index is 5.63. The molecule has 4 heteroatoms. The van der Waals surface area contributed by atoms with Gasteiger partial charge in [0, 0.05) is 17.6 Å². The quantitative estimate of drug-likeness (QED) is 0.916. The Morgan fingerprint density at radius 3 is 2.58 bits per heavy atom. The van der Waals surface area contributed by atoms with Crippen molar-refractivity contribution in [3.8, 4) is 0 Å². The molecule has 0 spiro atoms. The molecule has 0 bridgehead atoms. The Morgan fingerprint density at radius 2 is 2.00 bits per heavy atom. The molecule has 0 fully saturated rings. The van der Waals surface area contributed by atoms with E-state index in [0.29, 0.717) is 6.54 Å². The number of aryl methyl sites for hydroxylation is 1. The Balaban J connectivity index is 2.00. The van der Waals surface area contributed by atoms with Crippen molar-refractivity contribution < 1.29 is 4.42 Å². The monoisotopic (exact) mass is 322 g/mol. The van der Waals surface area contributed by atoms with E-state index in [2.05, 4.69) is 46.1 Å². The van der Waals surface area contributed by atoms with Gasteiger partial charge in [-0.15, -0.1) is 0 Å². The van der Waals surface area contributed by atoms with Crippen LogP contribution in [0.2, 0.25) is 0 Å². The molecule has 0 aliphatic carbocycles. The zero-order valence-corrected chi connectivity index (χ0v) is 12.9. The predicted molar refractivity (Wildman–Crippen MR) is 80.6 cm³/mol. The Bertz CT molecular complexity index is 551. The van der Waals surface area contributed by atoms with E-state index < -0.39 is 0 Å². The lowest BCUT2D eigenvalue weighted by molar-refractivity contribution is 0.285. The van der Waals surface area contributed by atoms with Crippen molar-refractivity contribution >= 4 is 15.9 Å². The normalized spacial score (nSPS) is 11.2. The number of rotatable bonds is 5. The molecular weight excluding hydrogens is 304 g/mol. The van der Waals surface area contributed by atoms with E-state index >= 15 is 0 Å². The summed E-state index contributed by atoms with van der Waals surface area (Å²) in [4.78, 5) is 2.22. The Hall–Kier alpha value is -1.10. The number of hydrogen-bond acceptors (Lipinski definition) is 3. The third-order valence-electron chi connectivity index (χ3n) is 3.02. The average molecular weight is 323 g/mol. The van der Waals surface area contributed by atoms with Crippen LogP contribution in [-0.2, 0) is 19.6 Å². The van der Waals surface area contributed by atoms with Crippen LogP contribution in [0.5, 0.6) is 0 Å². The van der Waals surface area contributed by atoms with Gasteiger partial charge in [0.2, 0.25) is 0 Å². The van der Waals surface area contributed by atoms with Gasteiger partial charge in [-0.05, 0) is 43.3 Å². The third kappa shape index (κ3) is 3.93. The second kappa shape index (κ2) is 6.37. The van der Waals surface area contributed by atoms with Crippen molar-refractivity contribution in [3.63, 3.8) is 0 Å². The van der Waals surface area contributed by atoms with E-state index in [1.54, 1.807) is 0 Å². The lowest BCUT2D eigenvalue weighted by atomic mass is 10.1. The van der Waals surface area contributed by atoms with Crippen molar-refractivity contribution in [2.24, 2.45) is 5.73 Å². The maximum absolute atomic E-state index is 5.63. The predicted octanol–water partition coefficient (Wildman–Crippen LogP) is 3.44. The van der Waals surface area contributed by atoms with Gasteiger partial charge in [0.05, 0.1) is 6.54 Å². The van der Waals surface area contributed by atoms with Crippen LogP contribution in [0.4, 0.5) is 0 Å². The van der Waals surface area contributed by atoms with E-state index in [-0.39, 0.29) is 0 Å². The second-order valence-electron chi connectivity index (χ2n) is 4.81. The molecule has 2 aromatic rings. The van der Waals surface area contributed by atoms with Gasteiger partial charge in [-0.3, -0.25) is 4.90 Å². The molecule has 0 radical (unpaired) electrons. The van der Waals surface area contributed by atoms with Gasteiger partial charge >= 0.3 is 0 Å². The molecule has 102 valence electrons. The summed E-state index contributed by atoms with van der Waals surface area (Å²) in [6, 6.07) is 10.3. The Kier molecular flexibility index (Phi) is 4.80. The summed E-state index contributed by atoms with van der Waals surface area (Å²) >= 11 is 3.60. The molecule has 2 rings (SSSR count). The van der Waals surface area contributed by atoms with Crippen molar-refractivity contribution in [1.29, 1.82) is 0 Å². The zero-order chi connectivity index (χ0) is 13.8. The SMILES string of the molecule is Cc1ccc(CN(C)Cc2ccc(CN)cc2Br)o1. The van der Waals surface area contributed by atoms with Crippen molar-refractivity contribution in [3.05, 3.63) is 57.5 Å². The number of halogens is 1. The van der Waals surface area contributed by atoms with E-state index in [1.165, 1.54) is 5.56 Å². The molecule has 0 saturated carbocycles. The highest BCUT2D eigenvalue weighted by Gasteiger charge is 2.07. The van der Waals surface area contributed by atoms with Crippen LogP contribution in [0.25, 0.3) is 0 Å². The van der Waals surface area contributed by atoms with Crippen LogP contribution in [0.3, 0.4) is 0 Å². The smallest absolute Gasteiger partial charge is 0.118 e. The molecular formula is C15H19BrN2O. The number of hydrogen-bond donors (Lipinski definition) is 1. The van der Waals surface area contributed by atoms with Gasteiger partial charge in [0.1, 0.15) is 11.5 Å². The van der Waals surface area contributed by atoms with Crippen molar-refractivity contribution in [2.45, 2.75) is 26.6 Å². The van der Waals surface area contributed by atoms with Gasteiger partial charge in [0.15, 0.2) is 0 Å². The first-order chi connectivity index (χ1) is 9.08. The standard InChI is InChI=1S/C15H19BrN2O/c1-11-3-6-14(19-11)10-18(2)9-13-5-4-12(8-17)7-15(13)16/h3-7H,8-10,17H2,1-2H3. The highest BCUT2D eigenvalue weighted by molar-refractivity contribution is 9.10. The minimum atomic E-state index is 0.570. The number of furan rings is 1. The molecule has 3 nitrogen and oxygen atoms in total. The summed E-state index contributed by atoms with van der Waals surface area (Å²) in [6.07, 6.45) is 0. The lowest BCUT2D eigenvalue weighted by Crippen LogP contribution is -2.17. The minimum absolute atomic E-state index is 0.570. The molecule has 0 amide bonds. The Morgan fingerprint density at radius 1 is 1.21 bits per heavy atom. The molecule has 0 atom stereocenters. The summed E-state index contributed by atoms with van der Waals surface area (Å²) in [5, 5.41) is 0. The molecule has 0 aliphatic heterocycles. The maximum Gasteiger partial charge on any atom is 0.118 e. The van der Waals surface area contributed by atoms with Crippen LogP contribution >= 0.6 is 15.9 Å². The summed E-state index contributed by atoms with van der Waals surface area (Å²) in [5.74, 6) is 1.95. The Labute approximate surface area is 122 Å². The van der Waals surface area contributed by atoms with E-state index in [9.17, 15) is 0 Å². The fourth-order valence-electron chi connectivity index (χ4n) is 2.03. The summed E-state index contributed by atoms with van der Waals surface area (Å²) < 4.78 is 6.70. The number of benzene rings is 1. The summed E-state index contributed by atoms with van der Waals surface area (Å²) in [5.41, 5.74) is 8.02. The molecule has 0 unspecified atom stereocenters. The molecule has 1 heterocycles. The fraction of sp³-hybridized carbons (Fsp3) is 0.333. The van der Waals surface area contributed by atoms with Gasteiger partial charge in [-0.25, -0.2) is 0 Å². The van der Waals surface area contributed by atoms with Crippen LogP contribution in [0.1, 0.15) is 22.6 Å². The largest absolute Gasteiger partial charge is 0.465 e. The van der Waals surface area contributed by atoms with Gasteiger partial charge < -0.3 is 10.2 Å². The van der Waals surface area contributed by atoms with E-state index in [4.69, 9.17) is 10.2 Å². The highest BCUT2D eigenvalue weighted by Crippen LogP contribution is 2.20. The van der Waals surface area contributed by atoms with Crippen LogP contribution in [0.15, 0.2) is 39.2 Å². The highest BCUT2D eigenvalue weighted by atomic mass is 79.9. The zero-order valence-electron chi connectivity index (χ0n) is 11.3. The lowest BCUT2D eigenvalue weighted by Gasteiger charge is -2.16. The molecule has 19 heavy (non-hydrogen) atoms. The molecule has 1 aromatic carbocycles. The van der Waals surface area contributed by atoms with Crippen LogP contribution < -0.4 is 5.73 Å². The van der Waals surface area contributed by atoms with Crippen molar-refractivity contribution in [2.75, 3.05) is 7.05 Å². The van der Waals surface area contributed by atoms with Gasteiger partial charge in [0.25, 0.3) is 0 Å². The molecule has 2 N–H and O–H groups in total. The van der Waals surface area contributed by atoms with Gasteiger partial charge in [-0.2, -0.15) is 0 Å². The minimum Gasteiger partial charge on any atom is -0.465 e. The number of nitrogens with two attached hydrogens (primary N) is 1. The first-order valence-electron chi connectivity index (χ1n) is 6.29. The van der Waals surface area contributed by atoms with Crippen LogP contribution in [0, 0.1) is 6.92 Å². The van der Waals surface area contributed by atoms with E-state index in [1.807, 2.05) is 19.1 Å². The van der Waals surface area contributed by atoms with E-state index in [0.717, 1.165) is 34.6 Å². The fourth-order valence-corrected chi connectivity index (χ4v) is 2.58. The number of nitrogens with zero attached hydrogens (tertiary/aromatic N) is 1. The molecule has 1 aromatic heterocycles. The van der Waals surface area contributed by atoms with Crippen LogP contribution in [-0.4, -0.2) is 11.9 Å². The summed E-state index contributed by atoms with van der Waals surface area (Å²) in [6.45, 7) is 4.20. The van der Waals surface area contributed by atoms with Gasteiger partial charge in [-0.1, -0.05) is 28.1 Å². The van der Waals surface area contributed by atoms with Crippen molar-refractivity contribution in [1.82, 2.24) is 4.90 Å².